The first-order valence-electron chi connectivity index (χ1n) is 10.6. The molecule has 162 valence electrons. The van der Waals surface area contributed by atoms with E-state index < -0.39 is 6.03 Å². The molecule has 1 aliphatic carbocycles. The van der Waals surface area contributed by atoms with Crippen LogP contribution in [-0.2, 0) is 17.6 Å². The summed E-state index contributed by atoms with van der Waals surface area (Å²) in [6.07, 6.45) is 7.45. The van der Waals surface area contributed by atoms with E-state index in [0.29, 0.717) is 28.3 Å². The smallest absolute Gasteiger partial charge is 0.341 e. The van der Waals surface area contributed by atoms with Gasteiger partial charge in [0, 0.05) is 17.5 Å². The minimum atomic E-state index is -0.423. The summed E-state index contributed by atoms with van der Waals surface area (Å²) < 4.78 is 5.24. The molecule has 8 nitrogen and oxygen atoms in total. The van der Waals surface area contributed by atoms with Crippen molar-refractivity contribution in [1.82, 2.24) is 10.2 Å². The zero-order chi connectivity index (χ0) is 21.1. The van der Waals surface area contributed by atoms with Crippen molar-refractivity contribution < 1.29 is 14.3 Å². The number of anilines is 3. The highest BCUT2D eigenvalue weighted by Crippen LogP contribution is 2.39. The van der Waals surface area contributed by atoms with E-state index in [9.17, 15) is 9.59 Å². The molecule has 0 saturated carbocycles. The van der Waals surface area contributed by atoms with Gasteiger partial charge in [-0.3, -0.25) is 10.6 Å². The molecule has 1 atom stereocenters. The number of aromatic nitrogens is 2. The fraction of sp³-hybridized carbons (Fsp3) is 0.600. The summed E-state index contributed by atoms with van der Waals surface area (Å²) in [7, 11) is 0. The summed E-state index contributed by atoms with van der Waals surface area (Å²) in [6.45, 7) is 5.24. The van der Waals surface area contributed by atoms with Crippen LogP contribution in [0.2, 0.25) is 0 Å². The number of nitrogens with one attached hydrogen (secondary N) is 2. The zero-order valence-electron chi connectivity index (χ0n) is 17.3. The minimum Gasteiger partial charge on any atom is -0.462 e. The third kappa shape index (κ3) is 4.44. The van der Waals surface area contributed by atoms with E-state index in [1.807, 2.05) is 0 Å². The molecule has 1 fully saturated rings. The lowest BCUT2D eigenvalue weighted by Gasteiger charge is -2.32. The first-order valence-corrected chi connectivity index (χ1v) is 12.2. The van der Waals surface area contributed by atoms with Crippen LogP contribution in [0.25, 0.3) is 0 Å². The van der Waals surface area contributed by atoms with Gasteiger partial charge in [0.2, 0.25) is 10.3 Å². The third-order valence-electron chi connectivity index (χ3n) is 5.56. The number of fused-ring (bicyclic) bond motifs is 1. The van der Waals surface area contributed by atoms with Crippen LogP contribution in [0, 0.1) is 0 Å². The number of thiophene rings is 1. The lowest BCUT2D eigenvalue weighted by molar-refractivity contribution is 0.0526. The molecule has 10 heteroatoms. The number of rotatable bonds is 5. The standard InChI is InChI=1S/C20H27N5O3S2/c1-3-28-17(26)15-13-9-4-5-10-14(13)29-16(15)21-18(27)22-19-23-24-20(30-19)25-11-7-6-8-12(25)2/h12H,3-11H2,1-2H3,(H2,21,22,23,27)/t12-/m1/s1. The molecule has 4 rings (SSSR count). The largest absolute Gasteiger partial charge is 0.462 e. The number of esters is 1. The number of hydrogen-bond donors (Lipinski definition) is 2. The molecule has 0 bridgehead atoms. The van der Waals surface area contributed by atoms with Crippen LogP contribution in [0.3, 0.4) is 0 Å². The maximum Gasteiger partial charge on any atom is 0.341 e. The molecule has 30 heavy (non-hydrogen) atoms. The quantitative estimate of drug-likeness (QED) is 0.644. The first-order chi connectivity index (χ1) is 14.6. The van der Waals surface area contributed by atoms with E-state index in [2.05, 4.69) is 32.7 Å². The highest BCUT2D eigenvalue weighted by molar-refractivity contribution is 7.19. The van der Waals surface area contributed by atoms with Crippen molar-refractivity contribution in [2.75, 3.05) is 28.7 Å². The van der Waals surface area contributed by atoms with Crippen molar-refractivity contribution in [1.29, 1.82) is 0 Å². The van der Waals surface area contributed by atoms with E-state index in [1.54, 1.807) is 6.92 Å². The molecule has 2 aliphatic rings. The SMILES string of the molecule is CCOC(=O)c1c(NC(=O)Nc2nnc(N3CCCC[C@H]3C)s2)sc2c1CCCC2. The summed E-state index contributed by atoms with van der Waals surface area (Å²) in [6, 6.07) is 0.00601. The number of urea groups is 1. The molecule has 1 saturated heterocycles. The Morgan fingerprint density at radius 1 is 1.13 bits per heavy atom. The number of aryl methyl sites for hydroxylation is 1. The summed E-state index contributed by atoms with van der Waals surface area (Å²) in [5.74, 6) is -0.371. The molecular weight excluding hydrogens is 422 g/mol. The van der Waals surface area contributed by atoms with Gasteiger partial charge >= 0.3 is 12.0 Å². The number of piperidine rings is 1. The monoisotopic (exact) mass is 449 g/mol. The molecule has 2 aromatic heterocycles. The van der Waals surface area contributed by atoms with E-state index in [4.69, 9.17) is 4.74 Å². The normalized spacial score (nSPS) is 18.6. The van der Waals surface area contributed by atoms with E-state index in [0.717, 1.165) is 60.6 Å². The van der Waals surface area contributed by atoms with Crippen molar-refractivity contribution in [3.63, 3.8) is 0 Å². The van der Waals surface area contributed by atoms with E-state index in [1.165, 1.54) is 29.1 Å². The van der Waals surface area contributed by atoms with Gasteiger partial charge in [0.1, 0.15) is 5.00 Å². The van der Waals surface area contributed by atoms with Crippen LogP contribution >= 0.6 is 22.7 Å². The van der Waals surface area contributed by atoms with Crippen LogP contribution in [0.15, 0.2) is 0 Å². The number of ether oxygens (including phenoxy) is 1. The lowest BCUT2D eigenvalue weighted by atomic mass is 9.95. The average molecular weight is 450 g/mol. The Hall–Kier alpha value is -2.20. The molecule has 2 amide bonds. The van der Waals surface area contributed by atoms with Gasteiger partial charge in [-0.1, -0.05) is 11.3 Å². The van der Waals surface area contributed by atoms with Crippen LogP contribution in [0.5, 0.6) is 0 Å². The Labute approximate surface area is 184 Å². The summed E-state index contributed by atoms with van der Waals surface area (Å²) in [5.41, 5.74) is 1.53. The van der Waals surface area contributed by atoms with E-state index >= 15 is 0 Å². The first kappa shape index (κ1) is 21.0. The second-order valence-electron chi connectivity index (χ2n) is 7.64. The number of carbonyl (C=O) groups is 2. The van der Waals surface area contributed by atoms with Gasteiger partial charge in [0.15, 0.2) is 0 Å². The second-order valence-corrected chi connectivity index (χ2v) is 9.70. The van der Waals surface area contributed by atoms with Crippen LogP contribution < -0.4 is 15.5 Å². The Balaban J connectivity index is 1.47. The highest BCUT2D eigenvalue weighted by atomic mass is 32.1. The molecule has 0 aromatic carbocycles. The minimum absolute atomic E-state index is 0.303. The van der Waals surface area contributed by atoms with Gasteiger partial charge in [-0.15, -0.1) is 21.5 Å². The van der Waals surface area contributed by atoms with Gasteiger partial charge < -0.3 is 9.64 Å². The zero-order valence-corrected chi connectivity index (χ0v) is 19.0. The molecule has 2 aromatic rings. The van der Waals surface area contributed by atoms with Crippen molar-refractivity contribution in [2.45, 2.75) is 64.8 Å². The summed E-state index contributed by atoms with van der Waals surface area (Å²) in [4.78, 5) is 28.6. The van der Waals surface area contributed by atoms with Crippen LogP contribution in [0.1, 0.15) is 66.8 Å². The molecule has 2 N–H and O–H groups in total. The topological polar surface area (TPSA) is 96.4 Å². The molecule has 3 heterocycles. The Morgan fingerprint density at radius 2 is 1.97 bits per heavy atom. The van der Waals surface area contributed by atoms with Crippen molar-refractivity contribution in [2.24, 2.45) is 0 Å². The summed E-state index contributed by atoms with van der Waals surface area (Å²) >= 11 is 2.84. The van der Waals surface area contributed by atoms with E-state index in [-0.39, 0.29) is 5.97 Å². The number of nitrogens with zero attached hydrogens (tertiary/aromatic N) is 3. The van der Waals surface area contributed by atoms with Crippen molar-refractivity contribution >= 4 is 49.9 Å². The number of hydrogen-bond acceptors (Lipinski definition) is 8. The Morgan fingerprint density at radius 3 is 2.77 bits per heavy atom. The van der Waals surface area contributed by atoms with Crippen LogP contribution in [-0.4, -0.2) is 41.4 Å². The maximum absolute atomic E-state index is 12.6. The molecule has 0 unspecified atom stereocenters. The molecule has 1 aliphatic heterocycles. The fourth-order valence-electron chi connectivity index (χ4n) is 4.07. The maximum atomic E-state index is 12.6. The molecule has 0 spiro atoms. The number of carbonyl (C=O) groups excluding carboxylic acids is 2. The van der Waals surface area contributed by atoms with Gasteiger partial charge in [-0.25, -0.2) is 9.59 Å². The second kappa shape index (κ2) is 9.30. The van der Waals surface area contributed by atoms with Gasteiger partial charge in [0.05, 0.1) is 12.2 Å². The fourth-order valence-corrected chi connectivity index (χ4v) is 6.21. The highest BCUT2D eigenvalue weighted by Gasteiger charge is 2.28. The van der Waals surface area contributed by atoms with Gasteiger partial charge in [-0.2, -0.15) is 0 Å². The predicted molar refractivity (Wildman–Crippen MR) is 120 cm³/mol. The Kier molecular flexibility index (Phi) is 6.52. The predicted octanol–water partition coefficient (Wildman–Crippen LogP) is 4.68. The van der Waals surface area contributed by atoms with Gasteiger partial charge in [0.25, 0.3) is 0 Å². The molecular formula is C20H27N5O3S2. The number of amides is 2. The Bertz CT molecular complexity index is 926. The van der Waals surface area contributed by atoms with Crippen molar-refractivity contribution in [3.05, 3.63) is 16.0 Å². The van der Waals surface area contributed by atoms with Crippen LogP contribution in [0.4, 0.5) is 20.1 Å². The van der Waals surface area contributed by atoms with Gasteiger partial charge in [-0.05, 0) is 64.4 Å². The lowest BCUT2D eigenvalue weighted by Crippen LogP contribution is -2.37. The third-order valence-corrected chi connectivity index (χ3v) is 7.64. The average Bonchev–Trinajstić information content (AvgIpc) is 3.32. The molecule has 0 radical (unpaired) electrons. The summed E-state index contributed by atoms with van der Waals surface area (Å²) in [5, 5.41) is 15.8. The van der Waals surface area contributed by atoms with Crippen molar-refractivity contribution in [3.8, 4) is 0 Å².